The van der Waals surface area contributed by atoms with Crippen LogP contribution in [0.2, 0.25) is 0 Å². The molecule has 1 rings (SSSR count). The van der Waals surface area contributed by atoms with E-state index in [2.05, 4.69) is 33.9 Å². The van der Waals surface area contributed by atoms with Gasteiger partial charge >= 0.3 is 0 Å². The van der Waals surface area contributed by atoms with Crippen LogP contribution in [0.4, 0.5) is 11.6 Å². The summed E-state index contributed by atoms with van der Waals surface area (Å²) in [6, 6.07) is 0. The zero-order chi connectivity index (χ0) is 12.8. The predicted molar refractivity (Wildman–Crippen MR) is 75.4 cm³/mol. The zero-order valence-corrected chi connectivity index (χ0v) is 11.7. The number of nitrogens with zero attached hydrogens (tertiary/aromatic N) is 2. The molecule has 0 aliphatic heterocycles. The van der Waals surface area contributed by atoms with Crippen molar-refractivity contribution < 1.29 is 0 Å². The van der Waals surface area contributed by atoms with Crippen LogP contribution in [0, 0.1) is 6.92 Å². The van der Waals surface area contributed by atoms with Crippen molar-refractivity contribution in [2.75, 3.05) is 23.5 Å². The molecule has 1 aromatic heterocycles. The van der Waals surface area contributed by atoms with Crippen molar-refractivity contribution in [3.8, 4) is 0 Å². The highest BCUT2D eigenvalue weighted by Gasteiger charge is 2.10. The summed E-state index contributed by atoms with van der Waals surface area (Å²) in [6.07, 6.45) is 2.89. The molecule has 0 fully saturated rings. The average Bonchev–Trinajstić information content (AvgIpc) is 2.37. The highest BCUT2D eigenvalue weighted by molar-refractivity contribution is 7.99. The number of hydrazine groups is 1. The van der Waals surface area contributed by atoms with E-state index in [9.17, 15) is 0 Å². The van der Waals surface area contributed by atoms with Gasteiger partial charge in [-0.15, -0.1) is 0 Å². The van der Waals surface area contributed by atoms with E-state index in [1.54, 1.807) is 0 Å². The van der Waals surface area contributed by atoms with Gasteiger partial charge in [-0.1, -0.05) is 13.8 Å². The Balaban J connectivity index is 2.89. The first-order chi connectivity index (χ1) is 8.12. The lowest BCUT2D eigenvalue weighted by Crippen LogP contribution is -2.18. The van der Waals surface area contributed by atoms with Crippen molar-refractivity contribution in [1.29, 1.82) is 0 Å². The SMILES string of the molecule is CCc1nc(NN)c(C)c(NCC(C)SC)n1. The summed E-state index contributed by atoms with van der Waals surface area (Å²) in [5.41, 5.74) is 3.57. The van der Waals surface area contributed by atoms with Gasteiger partial charge in [-0.3, -0.25) is 0 Å². The fourth-order valence-electron chi connectivity index (χ4n) is 1.36. The van der Waals surface area contributed by atoms with E-state index in [0.29, 0.717) is 11.1 Å². The van der Waals surface area contributed by atoms with E-state index in [1.165, 1.54) is 0 Å². The summed E-state index contributed by atoms with van der Waals surface area (Å²) in [7, 11) is 0. The topological polar surface area (TPSA) is 75.9 Å². The fraction of sp³-hybridized carbons (Fsp3) is 0.636. The van der Waals surface area contributed by atoms with Crippen LogP contribution in [-0.2, 0) is 6.42 Å². The van der Waals surface area contributed by atoms with Crippen LogP contribution in [0.1, 0.15) is 25.2 Å². The van der Waals surface area contributed by atoms with E-state index < -0.39 is 0 Å². The maximum Gasteiger partial charge on any atom is 0.148 e. The minimum absolute atomic E-state index is 0.545. The van der Waals surface area contributed by atoms with Gasteiger partial charge in [0.05, 0.1) is 0 Å². The third-order valence-corrected chi connectivity index (χ3v) is 3.58. The second-order valence-electron chi connectivity index (χ2n) is 3.89. The first-order valence-corrected chi connectivity index (χ1v) is 7.01. The highest BCUT2D eigenvalue weighted by Crippen LogP contribution is 2.20. The average molecular weight is 255 g/mol. The van der Waals surface area contributed by atoms with Crippen LogP contribution in [0.15, 0.2) is 0 Å². The third-order valence-electron chi connectivity index (χ3n) is 2.60. The molecule has 96 valence electrons. The number of rotatable bonds is 6. The van der Waals surface area contributed by atoms with Crippen molar-refractivity contribution in [2.45, 2.75) is 32.4 Å². The predicted octanol–water partition coefficient (Wildman–Crippen LogP) is 1.80. The Morgan fingerprint density at radius 3 is 2.53 bits per heavy atom. The molecule has 4 N–H and O–H groups in total. The van der Waals surface area contributed by atoms with Crippen LogP contribution in [-0.4, -0.2) is 28.0 Å². The molecular weight excluding hydrogens is 234 g/mol. The quantitative estimate of drug-likeness (QED) is 0.531. The van der Waals surface area contributed by atoms with Gasteiger partial charge in [-0.25, -0.2) is 15.8 Å². The maximum absolute atomic E-state index is 5.45. The minimum atomic E-state index is 0.545. The van der Waals surface area contributed by atoms with Gasteiger partial charge in [0.15, 0.2) is 0 Å². The molecule has 17 heavy (non-hydrogen) atoms. The van der Waals surface area contributed by atoms with Crippen molar-refractivity contribution in [1.82, 2.24) is 9.97 Å². The standard InChI is InChI=1S/C11H21N5S/c1-5-9-14-10(13-6-7(2)17-4)8(3)11(15-9)16-12/h7H,5-6,12H2,1-4H3,(H2,13,14,15,16). The van der Waals surface area contributed by atoms with Crippen LogP contribution >= 0.6 is 11.8 Å². The minimum Gasteiger partial charge on any atom is -0.369 e. The third kappa shape index (κ3) is 3.74. The van der Waals surface area contributed by atoms with Crippen molar-refractivity contribution in [2.24, 2.45) is 5.84 Å². The largest absolute Gasteiger partial charge is 0.369 e. The van der Waals surface area contributed by atoms with Gasteiger partial charge in [-0.05, 0) is 13.2 Å². The molecule has 0 saturated carbocycles. The number of nitrogen functional groups attached to an aromatic ring is 1. The van der Waals surface area contributed by atoms with Crippen LogP contribution < -0.4 is 16.6 Å². The number of aromatic nitrogens is 2. The Bertz CT molecular complexity index is 369. The number of aryl methyl sites for hydroxylation is 1. The number of thioether (sulfide) groups is 1. The number of anilines is 2. The number of nitrogens with two attached hydrogens (primary N) is 1. The van der Waals surface area contributed by atoms with Gasteiger partial charge in [0.1, 0.15) is 17.5 Å². The van der Waals surface area contributed by atoms with Gasteiger partial charge < -0.3 is 10.7 Å². The van der Waals surface area contributed by atoms with Crippen LogP contribution in [0.5, 0.6) is 0 Å². The van der Waals surface area contributed by atoms with Gasteiger partial charge in [0.2, 0.25) is 0 Å². The molecule has 0 aromatic carbocycles. The molecule has 0 bridgehead atoms. The van der Waals surface area contributed by atoms with E-state index in [4.69, 9.17) is 5.84 Å². The molecule has 0 radical (unpaired) electrons. The van der Waals surface area contributed by atoms with Gasteiger partial charge in [0, 0.05) is 23.8 Å². The van der Waals surface area contributed by atoms with Gasteiger partial charge in [-0.2, -0.15) is 11.8 Å². The molecule has 6 heteroatoms. The molecule has 0 saturated heterocycles. The monoisotopic (exact) mass is 255 g/mol. The molecule has 1 atom stereocenters. The summed E-state index contributed by atoms with van der Waals surface area (Å²) in [5.74, 6) is 7.80. The molecule has 5 nitrogen and oxygen atoms in total. The zero-order valence-electron chi connectivity index (χ0n) is 10.9. The number of hydrogen-bond donors (Lipinski definition) is 3. The van der Waals surface area contributed by atoms with E-state index >= 15 is 0 Å². The molecule has 1 aromatic rings. The molecule has 0 amide bonds. The summed E-state index contributed by atoms with van der Waals surface area (Å²) in [4.78, 5) is 8.80. The number of hydrogen-bond acceptors (Lipinski definition) is 6. The number of nitrogens with one attached hydrogen (secondary N) is 2. The lowest BCUT2D eigenvalue weighted by molar-refractivity contribution is 0.912. The Morgan fingerprint density at radius 1 is 1.35 bits per heavy atom. The van der Waals surface area contributed by atoms with Gasteiger partial charge in [0.25, 0.3) is 0 Å². The van der Waals surface area contributed by atoms with E-state index in [0.717, 1.165) is 30.2 Å². The summed E-state index contributed by atoms with van der Waals surface area (Å²) in [6.45, 7) is 7.04. The summed E-state index contributed by atoms with van der Waals surface area (Å²) >= 11 is 1.82. The second-order valence-corrected chi connectivity index (χ2v) is 5.16. The maximum atomic E-state index is 5.45. The normalized spacial score (nSPS) is 12.3. The molecule has 0 aliphatic rings. The molecule has 1 heterocycles. The van der Waals surface area contributed by atoms with E-state index in [1.807, 2.05) is 25.6 Å². The lowest BCUT2D eigenvalue weighted by atomic mass is 10.3. The highest BCUT2D eigenvalue weighted by atomic mass is 32.2. The molecule has 1 unspecified atom stereocenters. The summed E-state index contributed by atoms with van der Waals surface area (Å²) in [5, 5.41) is 3.89. The Hall–Kier alpha value is -1.01. The molecule has 0 aliphatic carbocycles. The smallest absolute Gasteiger partial charge is 0.148 e. The van der Waals surface area contributed by atoms with Crippen LogP contribution in [0.25, 0.3) is 0 Å². The first-order valence-electron chi connectivity index (χ1n) is 5.73. The molecule has 0 spiro atoms. The van der Waals surface area contributed by atoms with Crippen molar-refractivity contribution in [3.63, 3.8) is 0 Å². The van der Waals surface area contributed by atoms with Crippen LogP contribution in [0.3, 0.4) is 0 Å². The molecular formula is C11H21N5S. The first kappa shape index (κ1) is 14.1. The Labute approximate surface area is 107 Å². The lowest BCUT2D eigenvalue weighted by Gasteiger charge is -2.15. The van der Waals surface area contributed by atoms with Crippen molar-refractivity contribution in [3.05, 3.63) is 11.4 Å². The summed E-state index contributed by atoms with van der Waals surface area (Å²) < 4.78 is 0. The fourth-order valence-corrected chi connectivity index (χ4v) is 1.61. The van der Waals surface area contributed by atoms with Crippen molar-refractivity contribution >= 4 is 23.4 Å². The Morgan fingerprint density at radius 2 is 2.00 bits per heavy atom. The second kappa shape index (κ2) is 6.66. The van der Waals surface area contributed by atoms with E-state index in [-0.39, 0.29) is 0 Å². The Kier molecular flexibility index (Phi) is 5.50.